The highest BCUT2D eigenvalue weighted by atomic mass is 79.9. The van der Waals surface area contributed by atoms with E-state index in [-0.39, 0.29) is 12.4 Å². The summed E-state index contributed by atoms with van der Waals surface area (Å²) in [6, 6.07) is 0. The number of hydrogen-bond donors (Lipinski definition) is 1. The number of anilines is 1. The average Bonchev–Trinajstić information content (AvgIpc) is 3.04. The second-order valence-electron chi connectivity index (χ2n) is 4.50. The molecule has 1 amide bonds. The van der Waals surface area contributed by atoms with E-state index in [0.29, 0.717) is 16.7 Å². The second-order valence-corrected chi connectivity index (χ2v) is 5.35. The van der Waals surface area contributed by atoms with E-state index in [1.807, 2.05) is 6.92 Å². The van der Waals surface area contributed by atoms with Crippen LogP contribution in [0.2, 0.25) is 0 Å². The highest BCUT2D eigenvalue weighted by Crippen LogP contribution is 2.17. The average molecular weight is 396 g/mol. The van der Waals surface area contributed by atoms with Crippen LogP contribution in [0.1, 0.15) is 17.4 Å². The van der Waals surface area contributed by atoms with Crippen LogP contribution in [0.4, 0.5) is 18.9 Å². The van der Waals surface area contributed by atoms with Crippen molar-refractivity contribution in [2.24, 2.45) is 0 Å². The number of carbonyl (C=O) groups excluding carboxylic acids is 1. The monoisotopic (exact) mass is 395 g/mol. The SMILES string of the molecule is CCn1cc(Br)c(C(=O)Nc2cnn(COCC(F)(F)F)c2)n1. The molecule has 23 heavy (non-hydrogen) atoms. The van der Waals surface area contributed by atoms with Crippen LogP contribution in [0.5, 0.6) is 0 Å². The molecule has 0 fully saturated rings. The number of nitrogens with one attached hydrogen (secondary N) is 1. The lowest BCUT2D eigenvalue weighted by Crippen LogP contribution is -2.18. The molecular formula is C12H13BrF3N5O2. The van der Waals surface area contributed by atoms with E-state index in [1.165, 1.54) is 12.4 Å². The Bertz CT molecular complexity index is 683. The minimum atomic E-state index is -4.39. The van der Waals surface area contributed by atoms with Gasteiger partial charge in [0.25, 0.3) is 5.91 Å². The van der Waals surface area contributed by atoms with Crippen molar-refractivity contribution in [1.82, 2.24) is 19.6 Å². The summed E-state index contributed by atoms with van der Waals surface area (Å²) >= 11 is 3.24. The summed E-state index contributed by atoms with van der Waals surface area (Å²) < 4.78 is 43.6. The van der Waals surface area contributed by atoms with Crippen molar-refractivity contribution in [3.05, 3.63) is 28.8 Å². The summed E-state index contributed by atoms with van der Waals surface area (Å²) in [7, 11) is 0. The quantitative estimate of drug-likeness (QED) is 0.815. The Kier molecular flexibility index (Phi) is 5.42. The summed E-state index contributed by atoms with van der Waals surface area (Å²) in [5.41, 5.74) is 0.525. The molecule has 126 valence electrons. The normalized spacial score (nSPS) is 11.7. The fraction of sp³-hybridized carbons (Fsp3) is 0.417. The predicted octanol–water partition coefficient (Wildman–Crippen LogP) is 2.65. The van der Waals surface area contributed by atoms with Crippen LogP contribution in [0.15, 0.2) is 23.1 Å². The minimum absolute atomic E-state index is 0.202. The van der Waals surface area contributed by atoms with Gasteiger partial charge in [0.2, 0.25) is 0 Å². The fourth-order valence-electron chi connectivity index (χ4n) is 1.66. The highest BCUT2D eigenvalue weighted by molar-refractivity contribution is 9.10. The van der Waals surface area contributed by atoms with Gasteiger partial charge < -0.3 is 10.1 Å². The van der Waals surface area contributed by atoms with Gasteiger partial charge in [-0.1, -0.05) is 0 Å². The van der Waals surface area contributed by atoms with Gasteiger partial charge >= 0.3 is 6.18 Å². The molecule has 11 heteroatoms. The molecule has 0 unspecified atom stereocenters. The lowest BCUT2D eigenvalue weighted by Gasteiger charge is -2.07. The van der Waals surface area contributed by atoms with Crippen LogP contribution in [-0.2, 0) is 18.0 Å². The van der Waals surface area contributed by atoms with Crippen LogP contribution in [0.25, 0.3) is 0 Å². The molecule has 2 aromatic heterocycles. The van der Waals surface area contributed by atoms with Gasteiger partial charge in [0.15, 0.2) is 5.69 Å². The number of rotatable bonds is 6. The first kappa shape index (κ1) is 17.5. The molecular weight excluding hydrogens is 383 g/mol. The zero-order valence-electron chi connectivity index (χ0n) is 12.0. The molecule has 2 heterocycles. The summed E-state index contributed by atoms with van der Waals surface area (Å²) in [6.07, 6.45) is -0.0591. The van der Waals surface area contributed by atoms with E-state index in [9.17, 15) is 18.0 Å². The second kappa shape index (κ2) is 7.13. The Labute approximate surface area is 137 Å². The summed E-state index contributed by atoms with van der Waals surface area (Å²) in [4.78, 5) is 12.1. The van der Waals surface area contributed by atoms with Crippen LogP contribution in [0, 0.1) is 0 Å². The van der Waals surface area contributed by atoms with Gasteiger partial charge in [-0.2, -0.15) is 23.4 Å². The Morgan fingerprint density at radius 2 is 2.13 bits per heavy atom. The van der Waals surface area contributed by atoms with E-state index in [0.717, 1.165) is 4.68 Å². The Morgan fingerprint density at radius 3 is 2.74 bits per heavy atom. The number of halogens is 4. The van der Waals surface area contributed by atoms with Gasteiger partial charge in [0.1, 0.15) is 13.3 Å². The van der Waals surface area contributed by atoms with Crippen molar-refractivity contribution < 1.29 is 22.7 Å². The first-order chi connectivity index (χ1) is 10.8. The lowest BCUT2D eigenvalue weighted by molar-refractivity contribution is -0.182. The number of alkyl halides is 3. The molecule has 1 N–H and O–H groups in total. The van der Waals surface area contributed by atoms with Crippen molar-refractivity contribution in [1.29, 1.82) is 0 Å². The van der Waals surface area contributed by atoms with E-state index in [2.05, 4.69) is 36.2 Å². The van der Waals surface area contributed by atoms with Gasteiger partial charge in [-0.25, -0.2) is 4.68 Å². The standard InChI is InChI=1S/C12H13BrF3N5O2/c1-2-20-5-9(13)10(19-20)11(22)18-8-3-17-21(4-8)7-23-6-12(14,15)16/h3-5H,2,6-7H2,1H3,(H,18,22). The maximum absolute atomic E-state index is 12.1. The molecule has 0 atom stereocenters. The third-order valence-electron chi connectivity index (χ3n) is 2.64. The van der Waals surface area contributed by atoms with Crippen LogP contribution >= 0.6 is 15.9 Å². The van der Waals surface area contributed by atoms with E-state index in [4.69, 9.17) is 0 Å². The van der Waals surface area contributed by atoms with Gasteiger partial charge in [-0.05, 0) is 22.9 Å². The molecule has 0 radical (unpaired) electrons. The first-order valence-corrected chi connectivity index (χ1v) is 7.29. The fourth-order valence-corrected chi connectivity index (χ4v) is 2.15. The maximum atomic E-state index is 12.1. The zero-order chi connectivity index (χ0) is 17.0. The minimum Gasteiger partial charge on any atom is -0.350 e. The predicted molar refractivity (Wildman–Crippen MR) is 77.8 cm³/mol. The topological polar surface area (TPSA) is 74.0 Å². The van der Waals surface area contributed by atoms with Crippen molar-refractivity contribution >= 4 is 27.5 Å². The summed E-state index contributed by atoms with van der Waals surface area (Å²) in [5, 5.41) is 10.4. The molecule has 0 aliphatic rings. The molecule has 7 nitrogen and oxygen atoms in total. The third-order valence-corrected chi connectivity index (χ3v) is 3.22. The smallest absolute Gasteiger partial charge is 0.350 e. The number of aryl methyl sites for hydroxylation is 1. The molecule has 0 aliphatic carbocycles. The number of nitrogens with zero attached hydrogens (tertiary/aromatic N) is 4. The largest absolute Gasteiger partial charge is 0.411 e. The van der Waals surface area contributed by atoms with Gasteiger partial charge in [0, 0.05) is 12.7 Å². The molecule has 0 spiro atoms. The molecule has 0 aliphatic heterocycles. The van der Waals surface area contributed by atoms with Crippen LogP contribution in [0.3, 0.4) is 0 Å². The number of amides is 1. The number of hydrogen-bond acceptors (Lipinski definition) is 4. The Balaban J connectivity index is 1.93. The molecule has 2 aromatic rings. The third kappa shape index (κ3) is 5.06. The molecule has 0 saturated heterocycles. The van der Waals surface area contributed by atoms with Gasteiger partial charge in [0.05, 0.1) is 22.6 Å². The van der Waals surface area contributed by atoms with E-state index >= 15 is 0 Å². The summed E-state index contributed by atoms with van der Waals surface area (Å²) in [6.45, 7) is 0.756. The first-order valence-electron chi connectivity index (χ1n) is 6.49. The van der Waals surface area contributed by atoms with Crippen molar-refractivity contribution in [2.45, 2.75) is 26.4 Å². The van der Waals surface area contributed by atoms with Crippen molar-refractivity contribution in [3.8, 4) is 0 Å². The molecule has 0 saturated carbocycles. The van der Waals surface area contributed by atoms with Gasteiger partial charge in [-0.15, -0.1) is 0 Å². The zero-order valence-corrected chi connectivity index (χ0v) is 13.6. The number of aromatic nitrogens is 4. The lowest BCUT2D eigenvalue weighted by atomic mass is 10.4. The van der Waals surface area contributed by atoms with Gasteiger partial charge in [-0.3, -0.25) is 9.48 Å². The van der Waals surface area contributed by atoms with E-state index in [1.54, 1.807) is 10.9 Å². The highest BCUT2D eigenvalue weighted by Gasteiger charge is 2.27. The Morgan fingerprint density at radius 1 is 1.39 bits per heavy atom. The number of carbonyl (C=O) groups is 1. The van der Waals surface area contributed by atoms with Crippen molar-refractivity contribution in [2.75, 3.05) is 11.9 Å². The Hall–Kier alpha value is -1.88. The molecule has 0 bridgehead atoms. The van der Waals surface area contributed by atoms with Crippen LogP contribution in [-0.4, -0.2) is 38.3 Å². The van der Waals surface area contributed by atoms with Crippen molar-refractivity contribution in [3.63, 3.8) is 0 Å². The maximum Gasteiger partial charge on any atom is 0.411 e. The summed E-state index contributed by atoms with van der Waals surface area (Å²) in [5.74, 6) is -0.458. The van der Waals surface area contributed by atoms with Crippen LogP contribution < -0.4 is 5.32 Å². The number of ether oxygens (including phenoxy) is 1. The molecule has 0 aromatic carbocycles. The van der Waals surface area contributed by atoms with E-state index < -0.39 is 18.7 Å². The molecule has 2 rings (SSSR count).